The zero-order valence-corrected chi connectivity index (χ0v) is 7.94. The Morgan fingerprint density at radius 3 is 2.77 bits per heavy atom. The summed E-state index contributed by atoms with van der Waals surface area (Å²) in [4.78, 5) is 24.4. The summed E-state index contributed by atoms with van der Waals surface area (Å²) in [6.45, 7) is 1.58. The Hall–Kier alpha value is -1.29. The fourth-order valence-electron chi connectivity index (χ4n) is 0.869. The third-order valence-electron chi connectivity index (χ3n) is 1.58. The number of nitrogens with one attached hydrogen (secondary N) is 1. The van der Waals surface area contributed by atoms with Gasteiger partial charge in [0.05, 0.1) is 12.7 Å². The number of halogens is 1. The van der Waals surface area contributed by atoms with Crippen LogP contribution in [0.4, 0.5) is 0 Å². The molecule has 1 rings (SSSR count). The molecule has 0 aliphatic carbocycles. The van der Waals surface area contributed by atoms with Crippen molar-refractivity contribution in [3.8, 4) is 0 Å². The van der Waals surface area contributed by atoms with Gasteiger partial charge in [0.25, 0.3) is 5.56 Å². The van der Waals surface area contributed by atoms with Gasteiger partial charge in [-0.25, -0.2) is 4.79 Å². The van der Waals surface area contributed by atoms with Crippen LogP contribution < -0.4 is 5.56 Å². The van der Waals surface area contributed by atoms with Gasteiger partial charge < -0.3 is 9.72 Å². The Labute approximate surface area is 79.5 Å². The minimum Gasteiger partial charge on any atom is -0.465 e. The van der Waals surface area contributed by atoms with Gasteiger partial charge in [-0.2, -0.15) is 0 Å². The molecule has 0 bridgehead atoms. The summed E-state index contributed by atoms with van der Waals surface area (Å²) < 4.78 is 4.47. The Bertz CT molecular complexity index is 397. The van der Waals surface area contributed by atoms with Gasteiger partial charge in [-0.3, -0.25) is 4.79 Å². The molecule has 0 saturated carbocycles. The number of hydrogen-bond donors (Lipinski definition) is 1. The smallest absolute Gasteiger partial charge is 0.340 e. The molecule has 0 atom stereocenters. The van der Waals surface area contributed by atoms with Crippen molar-refractivity contribution in [1.29, 1.82) is 0 Å². The molecular formula is C8H8ClNO3. The van der Waals surface area contributed by atoms with Gasteiger partial charge in [-0.05, 0) is 13.0 Å². The van der Waals surface area contributed by atoms with E-state index in [1.807, 2.05) is 0 Å². The van der Waals surface area contributed by atoms with Crippen LogP contribution in [0.3, 0.4) is 0 Å². The second kappa shape index (κ2) is 3.62. The SMILES string of the molecule is COC(=O)c1cc(C)c(=O)[nH]c1Cl. The molecule has 5 heteroatoms. The van der Waals surface area contributed by atoms with Crippen molar-refractivity contribution in [1.82, 2.24) is 4.98 Å². The minimum atomic E-state index is -0.565. The number of pyridine rings is 1. The second-order valence-electron chi connectivity index (χ2n) is 2.50. The highest BCUT2D eigenvalue weighted by Crippen LogP contribution is 2.12. The van der Waals surface area contributed by atoms with Gasteiger partial charge in [0.2, 0.25) is 0 Å². The highest BCUT2D eigenvalue weighted by Gasteiger charge is 2.12. The predicted octanol–water partition coefficient (Wildman–Crippen LogP) is 1.12. The van der Waals surface area contributed by atoms with E-state index in [-0.39, 0.29) is 16.3 Å². The first kappa shape index (κ1) is 9.80. The molecular weight excluding hydrogens is 194 g/mol. The lowest BCUT2D eigenvalue weighted by Crippen LogP contribution is -2.14. The highest BCUT2D eigenvalue weighted by molar-refractivity contribution is 6.32. The lowest BCUT2D eigenvalue weighted by molar-refractivity contribution is 0.0600. The number of aryl methyl sites for hydroxylation is 1. The van der Waals surface area contributed by atoms with E-state index in [9.17, 15) is 9.59 Å². The Kier molecular flexibility index (Phi) is 2.72. The Morgan fingerprint density at radius 1 is 1.62 bits per heavy atom. The van der Waals surface area contributed by atoms with Crippen LogP contribution in [-0.2, 0) is 4.74 Å². The maximum atomic E-state index is 11.1. The van der Waals surface area contributed by atoms with Crippen LogP contribution >= 0.6 is 11.6 Å². The van der Waals surface area contributed by atoms with Crippen LogP contribution in [0.5, 0.6) is 0 Å². The second-order valence-corrected chi connectivity index (χ2v) is 2.88. The van der Waals surface area contributed by atoms with Gasteiger partial charge in [0.15, 0.2) is 0 Å². The van der Waals surface area contributed by atoms with Crippen LogP contribution in [0.25, 0.3) is 0 Å². The van der Waals surface area contributed by atoms with Crippen LogP contribution in [0.2, 0.25) is 5.15 Å². The van der Waals surface area contributed by atoms with E-state index in [4.69, 9.17) is 11.6 Å². The molecule has 0 aliphatic heterocycles. The number of hydrogen-bond acceptors (Lipinski definition) is 3. The first-order chi connectivity index (χ1) is 6.06. The number of aromatic nitrogens is 1. The van der Waals surface area contributed by atoms with Crippen molar-refractivity contribution in [2.75, 3.05) is 7.11 Å². The van der Waals surface area contributed by atoms with E-state index in [0.717, 1.165) is 0 Å². The fraction of sp³-hybridized carbons (Fsp3) is 0.250. The molecule has 0 fully saturated rings. The van der Waals surface area contributed by atoms with Gasteiger partial charge in [0, 0.05) is 5.56 Å². The predicted molar refractivity (Wildman–Crippen MR) is 48.1 cm³/mol. The Balaban J connectivity index is 3.31. The van der Waals surface area contributed by atoms with Gasteiger partial charge in [-0.15, -0.1) is 0 Å². The standard InChI is InChI=1S/C8H8ClNO3/c1-4-3-5(8(12)13-2)6(9)10-7(4)11/h3H,1-2H3,(H,10,11). The molecule has 1 N–H and O–H groups in total. The van der Waals surface area contributed by atoms with Gasteiger partial charge >= 0.3 is 5.97 Å². The fourth-order valence-corrected chi connectivity index (χ4v) is 1.09. The molecule has 0 amide bonds. The number of rotatable bonds is 1. The molecule has 1 aromatic rings. The largest absolute Gasteiger partial charge is 0.465 e. The average Bonchev–Trinajstić information content (AvgIpc) is 2.10. The third-order valence-corrected chi connectivity index (χ3v) is 1.88. The first-order valence-corrected chi connectivity index (χ1v) is 3.91. The van der Waals surface area contributed by atoms with E-state index < -0.39 is 5.97 Å². The van der Waals surface area contributed by atoms with Crippen molar-refractivity contribution >= 4 is 17.6 Å². The molecule has 0 unspecified atom stereocenters. The van der Waals surface area contributed by atoms with Crippen LogP contribution in [0, 0.1) is 6.92 Å². The highest BCUT2D eigenvalue weighted by atomic mass is 35.5. The molecule has 1 heterocycles. The van der Waals surface area contributed by atoms with Crippen molar-refractivity contribution in [2.24, 2.45) is 0 Å². The molecule has 70 valence electrons. The zero-order valence-electron chi connectivity index (χ0n) is 7.18. The van der Waals surface area contributed by atoms with E-state index in [1.165, 1.54) is 13.2 Å². The number of esters is 1. The van der Waals surface area contributed by atoms with Crippen molar-refractivity contribution < 1.29 is 9.53 Å². The Morgan fingerprint density at radius 2 is 2.23 bits per heavy atom. The third kappa shape index (κ3) is 1.89. The molecule has 4 nitrogen and oxygen atoms in total. The summed E-state index contributed by atoms with van der Waals surface area (Å²) in [5.41, 5.74) is 0.281. The summed E-state index contributed by atoms with van der Waals surface area (Å²) in [6.07, 6.45) is 0. The zero-order chi connectivity index (χ0) is 10.0. The summed E-state index contributed by atoms with van der Waals surface area (Å²) in [5.74, 6) is -0.565. The van der Waals surface area contributed by atoms with Crippen molar-refractivity contribution in [2.45, 2.75) is 6.92 Å². The molecule has 0 radical (unpaired) electrons. The quantitative estimate of drug-likeness (QED) is 0.547. The van der Waals surface area contributed by atoms with Crippen LogP contribution in [0.15, 0.2) is 10.9 Å². The topological polar surface area (TPSA) is 59.2 Å². The van der Waals surface area contributed by atoms with E-state index in [2.05, 4.69) is 9.72 Å². The molecule has 1 aromatic heterocycles. The molecule has 0 aromatic carbocycles. The van der Waals surface area contributed by atoms with E-state index >= 15 is 0 Å². The number of methoxy groups -OCH3 is 1. The number of carbonyl (C=O) groups excluding carboxylic acids is 1. The maximum absolute atomic E-state index is 11.1. The van der Waals surface area contributed by atoms with Crippen LogP contribution in [-0.4, -0.2) is 18.1 Å². The molecule has 0 saturated heterocycles. The summed E-state index contributed by atoms with van der Waals surface area (Å²) in [7, 11) is 1.25. The monoisotopic (exact) mass is 201 g/mol. The van der Waals surface area contributed by atoms with Gasteiger partial charge in [-0.1, -0.05) is 11.6 Å². The summed E-state index contributed by atoms with van der Waals surface area (Å²) in [5, 5.41) is 0.00227. The van der Waals surface area contributed by atoms with Gasteiger partial charge in [0.1, 0.15) is 5.15 Å². The normalized spacial score (nSPS) is 9.77. The number of H-pyrrole nitrogens is 1. The molecule has 0 aliphatic rings. The number of aromatic amines is 1. The average molecular weight is 202 g/mol. The molecule has 13 heavy (non-hydrogen) atoms. The first-order valence-electron chi connectivity index (χ1n) is 3.54. The lowest BCUT2D eigenvalue weighted by atomic mass is 10.2. The summed E-state index contributed by atoms with van der Waals surface area (Å²) >= 11 is 5.62. The van der Waals surface area contributed by atoms with E-state index in [1.54, 1.807) is 6.92 Å². The van der Waals surface area contributed by atoms with Crippen molar-refractivity contribution in [3.05, 3.63) is 32.7 Å². The molecule has 0 spiro atoms. The minimum absolute atomic E-state index is 0.00227. The summed E-state index contributed by atoms with van der Waals surface area (Å²) in [6, 6.07) is 1.40. The van der Waals surface area contributed by atoms with Crippen molar-refractivity contribution in [3.63, 3.8) is 0 Å². The van der Waals surface area contributed by atoms with Crippen LogP contribution in [0.1, 0.15) is 15.9 Å². The lowest BCUT2D eigenvalue weighted by Gasteiger charge is -2.01. The number of carbonyl (C=O) groups is 1. The number of ether oxygens (including phenoxy) is 1. The van der Waals surface area contributed by atoms with E-state index in [0.29, 0.717) is 5.56 Å². The maximum Gasteiger partial charge on any atom is 0.340 e.